The van der Waals surface area contributed by atoms with Gasteiger partial charge in [-0.3, -0.25) is 14.4 Å². The summed E-state index contributed by atoms with van der Waals surface area (Å²) in [5, 5.41) is 12.9. The second-order valence-corrected chi connectivity index (χ2v) is 21.9. The van der Waals surface area contributed by atoms with E-state index in [4.69, 9.17) is 0 Å². The molecule has 1 amide bonds. The molecular formula is C31H39NO6SSi. The molecule has 1 aliphatic heterocycles. The number of carbonyl (C=O) groups is 3. The second kappa shape index (κ2) is 8.04. The van der Waals surface area contributed by atoms with Crippen LogP contribution in [0.15, 0.2) is 35.0 Å². The van der Waals surface area contributed by atoms with Crippen molar-refractivity contribution >= 4 is 35.6 Å². The largest absolute Gasteiger partial charge is 0.388 e. The predicted octanol–water partition coefficient (Wildman–Crippen LogP) is 4.24. The summed E-state index contributed by atoms with van der Waals surface area (Å²) >= 11 is 0. The minimum absolute atomic E-state index is 0.0104. The zero-order chi connectivity index (χ0) is 28.7. The monoisotopic (exact) mass is 581 g/mol. The minimum Gasteiger partial charge on any atom is -0.388 e. The highest BCUT2D eigenvalue weighted by molar-refractivity contribution is 7.90. The summed E-state index contributed by atoms with van der Waals surface area (Å²) in [5.74, 6) is -2.79. The Morgan fingerprint density at radius 1 is 1.02 bits per heavy atom. The standard InChI is InChI=1S/C31H39NO6SSi/c1-30(2)16-10-11-31(30)15-39(37,38)32(23(31)12-16)29(36)21-13-19-24-20(14-22(40(3,4)5)25(19)28(21)35)26(33)17-8-6-7-9-18(17)27(24)34/h6-9,16,19-21,23-24,28,35H,10-15H2,1-5H3/t16?,19-,20-,21+,23?,24+,28+,31+/m0/s1. The van der Waals surface area contributed by atoms with Gasteiger partial charge in [-0.25, -0.2) is 12.7 Å². The molecule has 0 radical (unpaired) electrons. The van der Waals surface area contributed by atoms with Crippen LogP contribution in [0.2, 0.25) is 19.6 Å². The molecule has 40 heavy (non-hydrogen) atoms. The van der Waals surface area contributed by atoms with E-state index in [-0.39, 0.29) is 35.2 Å². The number of aliphatic hydroxyl groups excluding tert-OH is 1. The molecule has 7 nitrogen and oxygen atoms in total. The van der Waals surface area contributed by atoms with Crippen LogP contribution in [0.5, 0.6) is 0 Å². The Balaban J connectivity index is 1.30. The second-order valence-electron chi connectivity index (χ2n) is 14.9. The van der Waals surface area contributed by atoms with Crippen LogP contribution in [-0.2, 0) is 14.8 Å². The van der Waals surface area contributed by atoms with Crippen LogP contribution < -0.4 is 0 Å². The molecule has 1 aromatic rings. The van der Waals surface area contributed by atoms with Crippen LogP contribution >= 0.6 is 0 Å². The Labute approximate surface area is 237 Å². The summed E-state index contributed by atoms with van der Waals surface area (Å²) in [6, 6.07) is 6.60. The van der Waals surface area contributed by atoms with Gasteiger partial charge in [0.15, 0.2) is 11.6 Å². The molecule has 1 saturated heterocycles. The number of benzene rings is 1. The van der Waals surface area contributed by atoms with Crippen molar-refractivity contribution in [2.45, 2.75) is 77.7 Å². The fourth-order valence-electron chi connectivity index (χ4n) is 10.1. The van der Waals surface area contributed by atoms with E-state index in [1.165, 1.54) is 4.31 Å². The first-order valence-corrected chi connectivity index (χ1v) is 19.9. The van der Waals surface area contributed by atoms with Gasteiger partial charge in [-0.2, -0.15) is 0 Å². The van der Waals surface area contributed by atoms with Crippen LogP contribution in [0, 0.1) is 40.4 Å². The third-order valence-electron chi connectivity index (χ3n) is 12.2. The molecule has 2 unspecified atom stereocenters. The van der Waals surface area contributed by atoms with Gasteiger partial charge in [-0.15, -0.1) is 0 Å². The lowest BCUT2D eigenvalue weighted by atomic mass is 9.63. The number of ketones is 2. The van der Waals surface area contributed by atoms with Crippen LogP contribution in [-0.4, -0.2) is 61.3 Å². The van der Waals surface area contributed by atoms with Gasteiger partial charge in [0.1, 0.15) is 0 Å². The van der Waals surface area contributed by atoms with Crippen molar-refractivity contribution in [3.63, 3.8) is 0 Å². The quantitative estimate of drug-likeness (QED) is 0.524. The maximum atomic E-state index is 14.3. The summed E-state index contributed by atoms with van der Waals surface area (Å²) in [6.45, 7) is 10.8. The molecule has 5 aliphatic carbocycles. The van der Waals surface area contributed by atoms with E-state index in [0.717, 1.165) is 23.6 Å². The third-order valence-corrected chi connectivity index (χ3v) is 16.4. The highest BCUT2D eigenvalue weighted by Gasteiger charge is 2.73. The van der Waals surface area contributed by atoms with Crippen molar-refractivity contribution in [1.29, 1.82) is 0 Å². The highest BCUT2D eigenvalue weighted by Crippen LogP contribution is 2.70. The molecule has 9 heteroatoms. The van der Waals surface area contributed by atoms with Gasteiger partial charge in [-0.1, -0.05) is 63.0 Å². The number of allylic oxidation sites excluding steroid dienone is 1. The SMILES string of the molecule is CC1(C)C2CC[C@]13CS(=O)(=O)N(C(=O)[C@@H]1C[C@@H]4C(=C([Si](C)(C)C)C[C@@H]5C(=O)c6ccccc6C(=O)[C@@H]54)[C@@H]1O)C3C2. The van der Waals surface area contributed by atoms with Gasteiger partial charge in [-0.05, 0) is 54.9 Å². The number of hydrogen-bond acceptors (Lipinski definition) is 6. The molecule has 6 aliphatic rings. The number of sulfonamides is 1. The predicted molar refractivity (Wildman–Crippen MR) is 153 cm³/mol. The summed E-state index contributed by atoms with van der Waals surface area (Å²) in [4.78, 5) is 42.0. The lowest BCUT2D eigenvalue weighted by Gasteiger charge is -2.43. The fraction of sp³-hybridized carbons (Fsp3) is 0.645. The molecule has 3 saturated carbocycles. The van der Waals surface area contributed by atoms with Gasteiger partial charge in [0.05, 0.1) is 31.9 Å². The Kier molecular flexibility index (Phi) is 5.38. The van der Waals surface area contributed by atoms with E-state index in [2.05, 4.69) is 33.5 Å². The number of fused-ring (bicyclic) bond motifs is 5. The van der Waals surface area contributed by atoms with Gasteiger partial charge in [0.2, 0.25) is 15.9 Å². The number of hydrogen-bond donors (Lipinski definition) is 1. The minimum atomic E-state index is -3.83. The first-order valence-electron chi connectivity index (χ1n) is 14.8. The van der Waals surface area contributed by atoms with Crippen molar-refractivity contribution in [1.82, 2.24) is 4.31 Å². The topological polar surface area (TPSA) is 109 Å². The molecule has 214 valence electrons. The molecule has 1 heterocycles. The number of carbonyl (C=O) groups excluding carboxylic acids is 3. The Morgan fingerprint density at radius 2 is 1.68 bits per heavy atom. The van der Waals surface area contributed by atoms with Crippen LogP contribution in [0.25, 0.3) is 0 Å². The number of Topliss-reactive ketones (excluding diaryl/α,β-unsaturated/α-hetero) is 2. The lowest BCUT2D eigenvalue weighted by Crippen LogP contribution is -2.47. The van der Waals surface area contributed by atoms with E-state index in [0.29, 0.717) is 29.9 Å². The molecular weight excluding hydrogens is 542 g/mol. The molecule has 7 rings (SSSR count). The van der Waals surface area contributed by atoms with Crippen molar-refractivity contribution in [3.8, 4) is 0 Å². The van der Waals surface area contributed by atoms with E-state index in [1.54, 1.807) is 24.3 Å². The summed E-state index contributed by atoms with van der Waals surface area (Å²) in [6.07, 6.45) is 1.96. The fourth-order valence-corrected chi connectivity index (χ4v) is 14.7. The normalized spacial score (nSPS) is 40.6. The Bertz CT molecular complexity index is 1520. The van der Waals surface area contributed by atoms with Crippen LogP contribution in [0.4, 0.5) is 0 Å². The van der Waals surface area contributed by atoms with E-state index in [9.17, 15) is 27.9 Å². The first kappa shape index (κ1) is 26.8. The van der Waals surface area contributed by atoms with Gasteiger partial charge in [0.25, 0.3) is 0 Å². The van der Waals surface area contributed by atoms with Crippen molar-refractivity contribution in [2.24, 2.45) is 40.4 Å². The molecule has 4 fully saturated rings. The van der Waals surface area contributed by atoms with Gasteiger partial charge in [0, 0.05) is 28.4 Å². The third kappa shape index (κ3) is 3.15. The highest BCUT2D eigenvalue weighted by atomic mass is 32.2. The summed E-state index contributed by atoms with van der Waals surface area (Å²) in [5.41, 5.74) is 1.03. The average Bonchev–Trinajstić information content (AvgIpc) is 3.50. The van der Waals surface area contributed by atoms with E-state index >= 15 is 0 Å². The van der Waals surface area contributed by atoms with Gasteiger partial charge >= 0.3 is 0 Å². The number of nitrogens with zero attached hydrogens (tertiary/aromatic N) is 1. The molecule has 2 bridgehead atoms. The molecule has 1 spiro atoms. The first-order chi connectivity index (χ1) is 18.6. The number of aliphatic hydroxyl groups is 1. The molecule has 1 N–H and O–H groups in total. The maximum absolute atomic E-state index is 14.3. The summed E-state index contributed by atoms with van der Waals surface area (Å²) in [7, 11) is -5.90. The zero-order valence-corrected chi connectivity index (χ0v) is 25.8. The number of amides is 1. The molecule has 0 aromatic heterocycles. The Hall–Kier alpha value is -2.10. The van der Waals surface area contributed by atoms with Crippen LogP contribution in [0.3, 0.4) is 0 Å². The van der Waals surface area contributed by atoms with Crippen molar-refractivity contribution in [2.75, 3.05) is 5.75 Å². The smallest absolute Gasteiger partial charge is 0.242 e. The molecule has 1 aromatic carbocycles. The van der Waals surface area contributed by atoms with Crippen molar-refractivity contribution in [3.05, 3.63) is 46.2 Å². The van der Waals surface area contributed by atoms with Crippen molar-refractivity contribution < 1.29 is 27.9 Å². The maximum Gasteiger partial charge on any atom is 0.242 e. The Morgan fingerprint density at radius 3 is 2.30 bits per heavy atom. The van der Waals surface area contributed by atoms with Gasteiger partial charge < -0.3 is 5.11 Å². The van der Waals surface area contributed by atoms with E-state index in [1.807, 2.05) is 0 Å². The summed E-state index contributed by atoms with van der Waals surface area (Å²) < 4.78 is 28.5. The van der Waals surface area contributed by atoms with Crippen LogP contribution in [0.1, 0.15) is 66.7 Å². The zero-order valence-electron chi connectivity index (χ0n) is 23.9. The van der Waals surface area contributed by atoms with E-state index < -0.39 is 59.2 Å². The average molecular weight is 582 g/mol. The number of rotatable bonds is 2. The molecule has 8 atom stereocenters. The lowest BCUT2D eigenvalue weighted by molar-refractivity contribution is -0.135.